The molecule has 6 saturated carbocycles. The van der Waals surface area contributed by atoms with Crippen molar-refractivity contribution in [3.05, 3.63) is 73.3 Å². The number of alkyl halides is 3. The molecule has 35 heteroatoms. The number of nitrogens with one attached hydrogen (secondary N) is 1. The van der Waals surface area contributed by atoms with Gasteiger partial charge in [0.05, 0.1) is 47.0 Å². The van der Waals surface area contributed by atoms with E-state index in [1.54, 1.807) is 27.7 Å². The molecular weight excluding hydrogens is 1440 g/mol. The Balaban J connectivity index is 0.000000427. The van der Waals surface area contributed by atoms with Gasteiger partial charge in [-0.25, -0.2) is 19.2 Å². The summed E-state index contributed by atoms with van der Waals surface area (Å²) in [7, 11) is -6.47. The van der Waals surface area contributed by atoms with E-state index in [9.17, 15) is 78.4 Å². The Morgan fingerprint density at radius 3 is 1.51 bits per heavy atom. The number of methoxy groups -OCH3 is 1. The van der Waals surface area contributed by atoms with Gasteiger partial charge in [0.25, 0.3) is 20.2 Å². The highest BCUT2D eigenvalue weighted by Crippen LogP contribution is 2.67. The number of hydrogen-bond acceptors (Lipinski definition) is 27. The molecule has 2 saturated heterocycles. The molecule has 2 aliphatic heterocycles. The first-order chi connectivity index (χ1) is 47.9. The summed E-state index contributed by atoms with van der Waals surface area (Å²) in [6.45, 7) is 47.9. The normalized spacial score (nSPS) is 26.9. The minimum absolute atomic E-state index is 0.0557. The number of likely N-dealkylation sites (N-methyl/N-ethyl adjacent to an activating group) is 1. The molecule has 0 radical (unpaired) electrons. The number of halogens is 3. The summed E-state index contributed by atoms with van der Waals surface area (Å²) in [5.74, 6) is -7.77. The maximum absolute atomic E-state index is 12.6. The lowest BCUT2D eigenvalue weighted by Crippen LogP contribution is -2.47. The van der Waals surface area contributed by atoms with Gasteiger partial charge in [0.1, 0.15) is 31.0 Å². The summed E-state index contributed by atoms with van der Waals surface area (Å²) in [5.41, 5.74) is 1.04. The minimum Gasteiger partial charge on any atom is -0.691 e. The fourth-order valence-electron chi connectivity index (χ4n) is 13.9. The van der Waals surface area contributed by atoms with Crippen LogP contribution in [-0.4, -0.2) is 184 Å². The number of nitrogens with zero attached hydrogens (tertiary/aromatic N) is 1. The lowest BCUT2D eigenvalue weighted by atomic mass is 9.71. The lowest BCUT2D eigenvalue weighted by molar-refractivity contribution is -0.777. The van der Waals surface area contributed by atoms with Crippen LogP contribution in [0.1, 0.15) is 135 Å². The van der Waals surface area contributed by atoms with Crippen LogP contribution < -0.4 is 10.6 Å². The van der Waals surface area contributed by atoms with E-state index in [0.29, 0.717) is 46.8 Å². The Bertz CT molecular complexity index is 3310. The molecule has 0 spiro atoms. The third-order valence-corrected chi connectivity index (χ3v) is 21.6. The van der Waals surface area contributed by atoms with Crippen LogP contribution in [0.2, 0.25) is 0 Å². The van der Waals surface area contributed by atoms with Crippen molar-refractivity contribution in [2.75, 3.05) is 51.5 Å². The number of carbonyl (C=O) groups excluding carboxylic acids is 9. The fourth-order valence-corrected chi connectivity index (χ4v) is 15.8. The van der Waals surface area contributed by atoms with Crippen molar-refractivity contribution in [1.29, 1.82) is 0 Å². The van der Waals surface area contributed by atoms with Crippen LogP contribution >= 0.6 is 12.0 Å². The van der Waals surface area contributed by atoms with E-state index in [1.165, 1.54) is 65.6 Å². The van der Waals surface area contributed by atoms with Crippen molar-refractivity contribution in [3.8, 4) is 0 Å². The van der Waals surface area contributed by atoms with Gasteiger partial charge >= 0.3 is 53.9 Å². The molecule has 8 fully saturated rings. The third-order valence-electron chi connectivity index (χ3n) is 19.2. The number of amides is 1. The first kappa shape index (κ1) is 93.5. The van der Waals surface area contributed by atoms with Crippen LogP contribution in [0.4, 0.5) is 13.2 Å². The van der Waals surface area contributed by atoms with Crippen molar-refractivity contribution in [2.45, 2.75) is 184 Å². The van der Waals surface area contributed by atoms with Crippen LogP contribution in [0.15, 0.2) is 73.3 Å². The molecule has 29 nitrogen and oxygen atoms in total. The van der Waals surface area contributed by atoms with Gasteiger partial charge in [-0.1, -0.05) is 81.0 Å². The molecule has 1 amide bonds. The van der Waals surface area contributed by atoms with E-state index < -0.39 is 146 Å². The van der Waals surface area contributed by atoms with E-state index in [4.69, 9.17) is 47.0 Å². The lowest BCUT2D eigenvalue weighted by Gasteiger charge is -2.37. The summed E-state index contributed by atoms with van der Waals surface area (Å²) in [6.07, 6.45) is -2.74. The largest absolute Gasteiger partial charge is 0.691 e. The third kappa shape index (κ3) is 26.4. The van der Waals surface area contributed by atoms with Crippen LogP contribution in [0.3, 0.4) is 0 Å². The van der Waals surface area contributed by atoms with E-state index in [2.05, 4.69) is 91.5 Å². The van der Waals surface area contributed by atoms with Crippen molar-refractivity contribution < 1.29 is 140 Å². The van der Waals surface area contributed by atoms with Gasteiger partial charge in [0.15, 0.2) is 6.10 Å². The Labute approximate surface area is 611 Å². The molecule has 14 unspecified atom stereocenters. The zero-order chi connectivity index (χ0) is 80.1. The standard InChI is InChI=1S/C16H17F3O6.C15H18O6.C10H19NO2.C10H18O3S.C9H16O3.C7H13NO4S.C2H4O3S/c1-5(2)13(20)24-11-7-4-8-10(15(22)25-12(8)11)9(7)14(21)23-6(3)16(17,18)19;1-4-19-14(17)9-7-5-8-10(9)15(18)21-12(8)11(7)20-13(16)6(2)3;1-5-11(6-2)7-8-13-10(12)9(3)4;1-9(2)8-3-5-10(9,6-4-8)7-14-13-12-11;1-6(2)8(10)12-9(11-5)7(3)4;1-4-6(9)8-7(2,3)5-13(10,11)12;1-2-6(3,4)5/h6-12H,1,4H2,2-3H3;7-12H,2,4-5H2,1,3H3;3,5-8H2,1-2,4H3;8,11H,3-7H2,1-2H3;7,9H,1H2,2-5H3;4H,1,5H2,2-3H3,(H,8,9)(H,10,11,12);2H,1H2,(H,3,4,5)/p-1. The van der Waals surface area contributed by atoms with Gasteiger partial charge in [-0.05, 0) is 130 Å². The van der Waals surface area contributed by atoms with Gasteiger partial charge in [0, 0.05) is 83.3 Å². The Morgan fingerprint density at radius 1 is 0.731 bits per heavy atom. The average Bonchev–Trinajstić information content (AvgIpc) is 1.56. The summed E-state index contributed by atoms with van der Waals surface area (Å²) in [4.78, 5) is 107. The fraction of sp³-hybridized carbons (Fsp3) is 0.696. The van der Waals surface area contributed by atoms with Crippen molar-refractivity contribution in [2.24, 2.45) is 70.0 Å². The molecule has 6 bridgehead atoms. The molecule has 14 atom stereocenters. The molecule has 0 aromatic heterocycles. The molecular formula is C69H104F3N2O27S3-. The molecule has 3 N–H and O–H groups in total. The topological polar surface area (TPSA) is 402 Å². The molecule has 2 heterocycles. The summed E-state index contributed by atoms with van der Waals surface area (Å²) in [6, 6.07) is 0. The molecule has 0 aromatic carbocycles. The maximum Gasteiger partial charge on any atom is 0.425 e. The highest BCUT2D eigenvalue weighted by atomic mass is 32.2. The van der Waals surface area contributed by atoms with Crippen molar-refractivity contribution in [3.63, 3.8) is 0 Å². The Morgan fingerprint density at radius 2 is 1.17 bits per heavy atom. The predicted octanol–water partition coefficient (Wildman–Crippen LogP) is 7.85. The smallest absolute Gasteiger partial charge is 0.425 e. The Kier molecular flexibility index (Phi) is 36.3. The summed E-state index contributed by atoms with van der Waals surface area (Å²) < 4.78 is 144. The molecule has 0 aromatic rings. The zero-order valence-electron chi connectivity index (χ0n) is 61.7. The monoisotopic (exact) mass is 1550 g/mol. The van der Waals surface area contributed by atoms with Gasteiger partial charge < -0.3 is 58.1 Å². The number of ether oxygens (including phenoxy) is 9. The number of hydrogen-bond donors (Lipinski definition) is 3. The summed E-state index contributed by atoms with van der Waals surface area (Å²) in [5, 5.41) is 15.9. The van der Waals surface area contributed by atoms with E-state index in [1.807, 2.05) is 13.8 Å². The Hall–Kier alpha value is -6.57. The average molecular weight is 1550 g/mol. The van der Waals surface area contributed by atoms with Gasteiger partial charge in [-0.15, -0.1) is 0 Å². The maximum atomic E-state index is 12.6. The van der Waals surface area contributed by atoms with Gasteiger partial charge in [0.2, 0.25) is 12.2 Å². The number of carbonyl (C=O) groups is 9. The molecule has 6 aliphatic carbocycles. The van der Waals surface area contributed by atoms with Gasteiger partial charge in [-0.3, -0.25) is 38.1 Å². The quantitative estimate of drug-likeness (QED) is 0.00810. The van der Waals surface area contributed by atoms with E-state index in [0.717, 1.165) is 44.3 Å². The molecule has 8 aliphatic rings. The van der Waals surface area contributed by atoms with Crippen LogP contribution in [0.5, 0.6) is 0 Å². The highest BCUT2D eigenvalue weighted by molar-refractivity contribution is 7.94. The zero-order valence-corrected chi connectivity index (χ0v) is 64.2. The summed E-state index contributed by atoms with van der Waals surface area (Å²) >= 11 is 1.17. The second kappa shape index (κ2) is 40.4. The molecule has 8 rings (SSSR count). The van der Waals surface area contributed by atoms with E-state index in [-0.39, 0.29) is 53.4 Å². The van der Waals surface area contributed by atoms with Gasteiger partial charge in [-0.2, -0.15) is 34.3 Å². The highest BCUT2D eigenvalue weighted by Gasteiger charge is 2.72. The molecule has 104 heavy (non-hydrogen) atoms. The predicted molar refractivity (Wildman–Crippen MR) is 368 cm³/mol. The first-order valence-corrected chi connectivity index (χ1v) is 37.5. The number of rotatable bonds is 27. The number of fused-ring (bicyclic) bond motifs is 4. The SMILES string of the molecule is C=C(C)C(=O)OC(OC)C(C)C.C=C(C)C(=O)OC1C2CC3C1OC(=O)C3C2C(=O)OC(C)C(F)(F)F.C=C(C)C(=O)OC1C2CC3C1OC(=O)C3C2C(=O)OCC.C=C(C)C(=O)OCCN(CC)CC.C=CC(=O)NC(C)(C)CS(=O)(=O)O.C=CS(=O)(=O)O.CC1(C)C2CCC1(CSOO[O-])CC2. The molecule has 592 valence electrons. The second-order valence-electron chi connectivity index (χ2n) is 27.8. The minimum atomic E-state index is -4.70. The van der Waals surface area contributed by atoms with E-state index >= 15 is 0 Å². The van der Waals surface area contributed by atoms with Crippen molar-refractivity contribution in [1.82, 2.24) is 10.2 Å². The van der Waals surface area contributed by atoms with Crippen LogP contribution in [-0.2, 0) is 115 Å². The van der Waals surface area contributed by atoms with Crippen LogP contribution in [0, 0.1) is 70.0 Å². The second-order valence-corrected chi connectivity index (χ2v) is 31.3. The number of esters is 8. The first-order valence-electron chi connectivity index (χ1n) is 33.5. The van der Waals surface area contributed by atoms with Crippen molar-refractivity contribution >= 4 is 85.9 Å². The van der Waals surface area contributed by atoms with Crippen LogP contribution in [0.25, 0.3) is 0 Å².